The molecule has 4 rings (SSSR count). The first-order chi connectivity index (χ1) is 12.1. The lowest BCUT2D eigenvalue weighted by atomic mass is 9.89. The average molecular weight is 346 g/mol. The molecule has 25 heavy (non-hydrogen) atoms. The Hall–Kier alpha value is -2.28. The largest absolute Gasteiger partial charge is 0.454 e. The highest BCUT2D eigenvalue weighted by Crippen LogP contribution is 2.37. The summed E-state index contributed by atoms with van der Waals surface area (Å²) < 4.78 is 16.6. The minimum atomic E-state index is -0.450. The zero-order valence-corrected chi connectivity index (χ0v) is 14.0. The van der Waals surface area contributed by atoms with E-state index in [0.29, 0.717) is 42.5 Å². The number of carbonyl (C=O) groups excluding carboxylic acids is 2. The van der Waals surface area contributed by atoms with E-state index in [-0.39, 0.29) is 24.7 Å². The van der Waals surface area contributed by atoms with Crippen molar-refractivity contribution in [3.63, 3.8) is 0 Å². The molecule has 1 aromatic rings. The van der Waals surface area contributed by atoms with E-state index in [4.69, 9.17) is 19.9 Å². The number of nitrogens with two attached hydrogens (primary N) is 1. The minimum Gasteiger partial charge on any atom is -0.454 e. The zero-order valence-electron chi connectivity index (χ0n) is 14.0. The van der Waals surface area contributed by atoms with Gasteiger partial charge in [-0.2, -0.15) is 0 Å². The van der Waals surface area contributed by atoms with Crippen LogP contribution >= 0.6 is 0 Å². The molecule has 0 bridgehead atoms. The second-order valence-electron chi connectivity index (χ2n) is 6.81. The van der Waals surface area contributed by atoms with Gasteiger partial charge in [0.25, 0.3) is 5.91 Å². The first-order valence-corrected chi connectivity index (χ1v) is 8.76. The summed E-state index contributed by atoms with van der Waals surface area (Å²) in [5.74, 6) is 1.13. The molecule has 0 aromatic heterocycles. The number of carbonyl (C=O) groups is 2. The van der Waals surface area contributed by atoms with Crippen LogP contribution in [0.4, 0.5) is 0 Å². The van der Waals surface area contributed by atoms with Gasteiger partial charge in [-0.3, -0.25) is 9.59 Å². The van der Waals surface area contributed by atoms with Crippen LogP contribution in [0.3, 0.4) is 0 Å². The Morgan fingerprint density at radius 3 is 2.60 bits per heavy atom. The molecule has 7 heteroatoms. The Morgan fingerprint density at radius 2 is 1.88 bits per heavy atom. The minimum absolute atomic E-state index is 0.0249. The van der Waals surface area contributed by atoms with Gasteiger partial charge in [0, 0.05) is 13.1 Å². The lowest BCUT2D eigenvalue weighted by molar-refractivity contribution is -0.130. The van der Waals surface area contributed by atoms with Crippen molar-refractivity contribution < 1.29 is 23.8 Å². The molecule has 7 nitrogen and oxygen atoms in total. The van der Waals surface area contributed by atoms with Crippen LogP contribution in [0, 0.1) is 5.92 Å². The van der Waals surface area contributed by atoms with Crippen molar-refractivity contribution in [1.82, 2.24) is 4.90 Å². The predicted octanol–water partition coefficient (Wildman–Crippen LogP) is 1.30. The summed E-state index contributed by atoms with van der Waals surface area (Å²) in [6.07, 6.45) is 2.93. The number of nitrogens with zero attached hydrogens (tertiary/aromatic N) is 1. The van der Waals surface area contributed by atoms with Crippen LogP contribution in [0.15, 0.2) is 18.2 Å². The molecular formula is C18H22N2O5. The number of benzene rings is 1. The second-order valence-corrected chi connectivity index (χ2v) is 6.81. The van der Waals surface area contributed by atoms with Crippen LogP contribution in [0.2, 0.25) is 0 Å². The molecule has 3 heterocycles. The van der Waals surface area contributed by atoms with Crippen molar-refractivity contribution in [2.75, 3.05) is 19.9 Å². The van der Waals surface area contributed by atoms with Crippen molar-refractivity contribution in [3.8, 4) is 11.5 Å². The summed E-state index contributed by atoms with van der Waals surface area (Å²) in [6.45, 7) is 1.51. The number of fused-ring (bicyclic) bond motifs is 1. The average Bonchev–Trinajstić information content (AvgIpc) is 3.30. The van der Waals surface area contributed by atoms with Gasteiger partial charge in [-0.25, -0.2) is 0 Å². The summed E-state index contributed by atoms with van der Waals surface area (Å²) in [4.78, 5) is 25.9. The fourth-order valence-electron chi connectivity index (χ4n) is 3.96. The molecule has 0 spiro atoms. The van der Waals surface area contributed by atoms with Gasteiger partial charge in [0.1, 0.15) is 6.10 Å². The Bertz CT molecular complexity index is 684. The third-order valence-electron chi connectivity index (χ3n) is 5.35. The summed E-state index contributed by atoms with van der Waals surface area (Å²) in [5.41, 5.74) is 5.88. The number of likely N-dealkylation sites (tertiary alicyclic amines) is 1. The smallest absolute Gasteiger partial charge is 0.257 e. The van der Waals surface area contributed by atoms with Crippen molar-refractivity contribution in [3.05, 3.63) is 23.8 Å². The fraction of sp³-hybridized carbons (Fsp3) is 0.556. The maximum atomic E-state index is 12.8. The Morgan fingerprint density at radius 1 is 1.08 bits per heavy atom. The quantitative estimate of drug-likeness (QED) is 0.891. The molecule has 2 saturated heterocycles. The number of hydrogen-bond acceptors (Lipinski definition) is 5. The van der Waals surface area contributed by atoms with E-state index in [1.165, 1.54) is 0 Å². The SMILES string of the molecule is NC(=O)[C@H]1CC[C@@H](C2CCN(C(=O)c3cccc4c3OCO4)CC2)O1. The van der Waals surface area contributed by atoms with Crippen molar-refractivity contribution >= 4 is 11.8 Å². The maximum Gasteiger partial charge on any atom is 0.257 e. The van der Waals surface area contributed by atoms with Crippen molar-refractivity contribution in [2.45, 2.75) is 37.9 Å². The third kappa shape index (κ3) is 3.04. The molecule has 3 aliphatic heterocycles. The van der Waals surface area contributed by atoms with Crippen LogP contribution in [0.1, 0.15) is 36.0 Å². The van der Waals surface area contributed by atoms with Crippen molar-refractivity contribution in [2.24, 2.45) is 11.7 Å². The molecular weight excluding hydrogens is 324 g/mol. The highest BCUT2D eigenvalue weighted by Gasteiger charge is 2.37. The Kier molecular flexibility index (Phi) is 4.25. The number of hydrogen-bond donors (Lipinski definition) is 1. The van der Waals surface area contributed by atoms with E-state index in [0.717, 1.165) is 19.3 Å². The summed E-state index contributed by atoms with van der Waals surface area (Å²) >= 11 is 0. The molecule has 134 valence electrons. The number of rotatable bonds is 3. The first kappa shape index (κ1) is 16.2. The Labute approximate surface area is 146 Å². The highest BCUT2D eigenvalue weighted by molar-refractivity contribution is 5.98. The molecule has 2 amide bonds. The van der Waals surface area contributed by atoms with Crippen LogP contribution in [0.25, 0.3) is 0 Å². The summed E-state index contributed by atoms with van der Waals surface area (Å²) in [6, 6.07) is 5.39. The van der Waals surface area contributed by atoms with E-state index in [2.05, 4.69) is 0 Å². The number of para-hydroxylation sites is 1. The number of ether oxygens (including phenoxy) is 3. The molecule has 0 radical (unpaired) electrons. The molecule has 0 unspecified atom stereocenters. The monoisotopic (exact) mass is 346 g/mol. The molecule has 0 saturated carbocycles. The van der Waals surface area contributed by atoms with E-state index in [1.54, 1.807) is 12.1 Å². The van der Waals surface area contributed by atoms with Crippen LogP contribution in [-0.4, -0.2) is 48.8 Å². The second kappa shape index (κ2) is 6.55. The molecule has 3 aliphatic rings. The molecule has 1 aromatic carbocycles. The van der Waals surface area contributed by atoms with Gasteiger partial charge in [0.15, 0.2) is 11.5 Å². The van der Waals surface area contributed by atoms with Gasteiger partial charge in [-0.1, -0.05) is 6.07 Å². The number of amides is 2. The standard InChI is InChI=1S/C18H22N2O5/c19-17(21)15-5-4-13(25-15)11-6-8-20(9-7-11)18(22)12-2-1-3-14-16(12)24-10-23-14/h1-3,11,13,15H,4-10H2,(H2,19,21)/t13-,15+/m0/s1. The van der Waals surface area contributed by atoms with Crippen LogP contribution in [-0.2, 0) is 9.53 Å². The topological polar surface area (TPSA) is 91.1 Å². The van der Waals surface area contributed by atoms with Gasteiger partial charge in [0.2, 0.25) is 12.7 Å². The zero-order chi connectivity index (χ0) is 17.4. The summed E-state index contributed by atoms with van der Waals surface area (Å²) in [7, 11) is 0. The number of piperidine rings is 1. The summed E-state index contributed by atoms with van der Waals surface area (Å²) in [5, 5.41) is 0. The molecule has 2 atom stereocenters. The van der Waals surface area contributed by atoms with Gasteiger partial charge >= 0.3 is 0 Å². The van der Waals surface area contributed by atoms with E-state index < -0.39 is 6.10 Å². The predicted molar refractivity (Wildman–Crippen MR) is 88.3 cm³/mol. The van der Waals surface area contributed by atoms with Gasteiger partial charge in [-0.05, 0) is 43.7 Å². The number of primary amides is 1. The third-order valence-corrected chi connectivity index (χ3v) is 5.35. The fourth-order valence-corrected chi connectivity index (χ4v) is 3.96. The van der Waals surface area contributed by atoms with Gasteiger partial charge < -0.3 is 24.8 Å². The lowest BCUT2D eigenvalue weighted by Gasteiger charge is -2.34. The molecule has 2 fully saturated rings. The van der Waals surface area contributed by atoms with E-state index in [1.807, 2.05) is 11.0 Å². The maximum absolute atomic E-state index is 12.8. The van der Waals surface area contributed by atoms with Crippen LogP contribution < -0.4 is 15.2 Å². The van der Waals surface area contributed by atoms with E-state index >= 15 is 0 Å². The Balaban J connectivity index is 1.37. The van der Waals surface area contributed by atoms with Gasteiger partial charge in [-0.15, -0.1) is 0 Å². The van der Waals surface area contributed by atoms with E-state index in [9.17, 15) is 9.59 Å². The molecule has 0 aliphatic carbocycles. The normalized spacial score (nSPS) is 26.0. The van der Waals surface area contributed by atoms with Gasteiger partial charge in [0.05, 0.1) is 11.7 Å². The van der Waals surface area contributed by atoms with Crippen molar-refractivity contribution in [1.29, 1.82) is 0 Å². The first-order valence-electron chi connectivity index (χ1n) is 8.76. The van der Waals surface area contributed by atoms with Crippen LogP contribution in [0.5, 0.6) is 11.5 Å². The molecule has 2 N–H and O–H groups in total. The lowest BCUT2D eigenvalue weighted by Crippen LogP contribution is -2.41. The highest BCUT2D eigenvalue weighted by atomic mass is 16.7.